The van der Waals surface area contributed by atoms with Gasteiger partial charge in [-0.05, 0) is 122 Å². The molecule has 0 amide bonds. The van der Waals surface area contributed by atoms with Crippen LogP contribution in [-0.2, 0) is 28.6 Å². The van der Waals surface area contributed by atoms with Gasteiger partial charge in [0.25, 0.3) is 0 Å². The maximum atomic E-state index is 12.9. The van der Waals surface area contributed by atoms with Crippen molar-refractivity contribution in [3.8, 4) is 0 Å². The Bertz CT molecular complexity index is 1580. The molecule has 0 aliphatic rings. The average molecular weight is 1130 g/mol. The van der Waals surface area contributed by atoms with Gasteiger partial charge in [0.2, 0.25) is 0 Å². The Kier molecular flexibility index (Phi) is 65.7. The quantitative estimate of drug-likeness (QED) is 0.0261. The predicted octanol–water partition coefficient (Wildman–Crippen LogP) is 24.0. The van der Waals surface area contributed by atoms with Gasteiger partial charge in [-0.25, -0.2) is 0 Å². The second kappa shape index (κ2) is 68.8. The van der Waals surface area contributed by atoms with E-state index in [2.05, 4.69) is 118 Å². The first-order chi connectivity index (χ1) is 40.0. The van der Waals surface area contributed by atoms with Crippen molar-refractivity contribution in [3.05, 3.63) is 97.2 Å². The summed E-state index contributed by atoms with van der Waals surface area (Å²) in [4.78, 5) is 38.4. The maximum Gasteiger partial charge on any atom is 0.306 e. The minimum Gasteiger partial charge on any atom is -0.462 e. The number of esters is 3. The summed E-state index contributed by atoms with van der Waals surface area (Å²) in [6, 6.07) is 0. The van der Waals surface area contributed by atoms with Crippen LogP contribution in [0.1, 0.15) is 342 Å². The van der Waals surface area contributed by atoms with Gasteiger partial charge in [0.15, 0.2) is 6.10 Å². The van der Waals surface area contributed by atoms with E-state index in [9.17, 15) is 14.4 Å². The number of allylic oxidation sites excluding steroid dienone is 16. The van der Waals surface area contributed by atoms with Crippen LogP contribution in [-0.4, -0.2) is 37.2 Å². The Labute approximate surface area is 502 Å². The Morgan fingerprint density at radius 2 is 0.481 bits per heavy atom. The topological polar surface area (TPSA) is 78.9 Å². The molecule has 466 valence electrons. The summed E-state index contributed by atoms with van der Waals surface area (Å²) >= 11 is 0. The molecule has 0 saturated heterocycles. The van der Waals surface area contributed by atoms with Crippen molar-refractivity contribution >= 4 is 17.9 Å². The normalized spacial score (nSPS) is 12.7. The van der Waals surface area contributed by atoms with Gasteiger partial charge in [0.1, 0.15) is 13.2 Å². The lowest BCUT2D eigenvalue weighted by Gasteiger charge is -2.18. The second-order valence-corrected chi connectivity index (χ2v) is 23.1. The minimum absolute atomic E-state index is 0.0824. The van der Waals surface area contributed by atoms with Gasteiger partial charge in [-0.3, -0.25) is 14.4 Å². The van der Waals surface area contributed by atoms with E-state index in [1.54, 1.807) is 0 Å². The van der Waals surface area contributed by atoms with Crippen molar-refractivity contribution < 1.29 is 28.6 Å². The first-order valence-corrected chi connectivity index (χ1v) is 34.7. The van der Waals surface area contributed by atoms with E-state index in [-0.39, 0.29) is 31.1 Å². The van der Waals surface area contributed by atoms with Crippen LogP contribution in [0.2, 0.25) is 0 Å². The first-order valence-electron chi connectivity index (χ1n) is 34.7. The number of ether oxygens (including phenoxy) is 3. The summed E-state index contributed by atoms with van der Waals surface area (Å²) in [5, 5.41) is 0. The molecule has 0 aromatic heterocycles. The lowest BCUT2D eigenvalue weighted by Crippen LogP contribution is -2.30. The van der Waals surface area contributed by atoms with Gasteiger partial charge in [-0.15, -0.1) is 0 Å². The highest BCUT2D eigenvalue weighted by Crippen LogP contribution is 2.17. The van der Waals surface area contributed by atoms with Gasteiger partial charge in [0, 0.05) is 19.3 Å². The van der Waals surface area contributed by atoms with E-state index in [0.717, 1.165) is 122 Å². The van der Waals surface area contributed by atoms with Crippen molar-refractivity contribution in [3.63, 3.8) is 0 Å². The van der Waals surface area contributed by atoms with E-state index < -0.39 is 6.10 Å². The second-order valence-electron chi connectivity index (χ2n) is 23.1. The third-order valence-corrected chi connectivity index (χ3v) is 15.0. The van der Waals surface area contributed by atoms with Crippen LogP contribution in [0.15, 0.2) is 97.2 Å². The highest BCUT2D eigenvalue weighted by atomic mass is 16.6. The highest BCUT2D eigenvalue weighted by molar-refractivity contribution is 5.71. The Morgan fingerprint density at radius 1 is 0.259 bits per heavy atom. The van der Waals surface area contributed by atoms with Crippen LogP contribution in [0, 0.1) is 0 Å². The average Bonchev–Trinajstić information content (AvgIpc) is 3.47. The largest absolute Gasteiger partial charge is 0.462 e. The predicted molar refractivity (Wildman–Crippen MR) is 353 cm³/mol. The van der Waals surface area contributed by atoms with Crippen LogP contribution in [0.5, 0.6) is 0 Å². The summed E-state index contributed by atoms with van der Waals surface area (Å²) in [5.74, 6) is -0.890. The van der Waals surface area contributed by atoms with Crippen LogP contribution in [0.4, 0.5) is 0 Å². The molecule has 0 saturated carbocycles. The maximum absolute atomic E-state index is 12.9. The molecule has 0 aliphatic heterocycles. The number of hydrogen-bond donors (Lipinski definition) is 0. The zero-order chi connectivity index (χ0) is 58.5. The van der Waals surface area contributed by atoms with Crippen molar-refractivity contribution in [2.24, 2.45) is 0 Å². The molecule has 0 fully saturated rings. The van der Waals surface area contributed by atoms with E-state index in [0.29, 0.717) is 19.3 Å². The summed E-state index contributed by atoms with van der Waals surface area (Å²) < 4.78 is 16.9. The molecule has 0 spiro atoms. The smallest absolute Gasteiger partial charge is 0.306 e. The van der Waals surface area contributed by atoms with E-state index >= 15 is 0 Å². The molecule has 0 N–H and O–H groups in total. The van der Waals surface area contributed by atoms with Crippen LogP contribution in [0.3, 0.4) is 0 Å². The Hall–Kier alpha value is -3.67. The molecule has 0 bridgehead atoms. The summed E-state index contributed by atoms with van der Waals surface area (Å²) in [5.41, 5.74) is 0. The van der Waals surface area contributed by atoms with Gasteiger partial charge in [-0.1, -0.05) is 298 Å². The van der Waals surface area contributed by atoms with Crippen LogP contribution < -0.4 is 0 Å². The van der Waals surface area contributed by atoms with Crippen molar-refractivity contribution in [1.82, 2.24) is 0 Å². The highest BCUT2D eigenvalue weighted by Gasteiger charge is 2.19. The molecule has 0 aromatic carbocycles. The van der Waals surface area contributed by atoms with Crippen molar-refractivity contribution in [2.75, 3.05) is 13.2 Å². The zero-order valence-electron chi connectivity index (χ0n) is 53.5. The van der Waals surface area contributed by atoms with Crippen LogP contribution >= 0.6 is 0 Å². The fourth-order valence-electron chi connectivity index (χ4n) is 9.85. The monoisotopic (exact) mass is 1130 g/mol. The lowest BCUT2D eigenvalue weighted by atomic mass is 10.0. The first kappa shape index (κ1) is 77.3. The van der Waals surface area contributed by atoms with Crippen LogP contribution in [0.25, 0.3) is 0 Å². The number of carbonyl (C=O) groups is 3. The summed E-state index contributed by atoms with van der Waals surface area (Å²) in [6.45, 7) is 6.52. The fourth-order valence-corrected chi connectivity index (χ4v) is 9.85. The van der Waals surface area contributed by atoms with Gasteiger partial charge in [0.05, 0.1) is 0 Å². The fraction of sp³-hybridized carbons (Fsp3) is 0.747. The summed E-state index contributed by atoms with van der Waals surface area (Å²) in [7, 11) is 0. The molecule has 0 radical (unpaired) electrons. The van der Waals surface area contributed by atoms with E-state index in [1.807, 2.05) is 0 Å². The Balaban J connectivity index is 4.19. The van der Waals surface area contributed by atoms with Gasteiger partial charge >= 0.3 is 17.9 Å². The molecule has 1 unspecified atom stereocenters. The number of rotatable bonds is 63. The molecule has 6 nitrogen and oxygen atoms in total. The molecule has 81 heavy (non-hydrogen) atoms. The van der Waals surface area contributed by atoms with Gasteiger partial charge in [-0.2, -0.15) is 0 Å². The summed E-state index contributed by atoms with van der Waals surface area (Å²) in [6.07, 6.45) is 92.9. The van der Waals surface area contributed by atoms with Gasteiger partial charge < -0.3 is 14.2 Å². The minimum atomic E-state index is -0.788. The molecule has 0 rings (SSSR count). The Morgan fingerprint density at radius 3 is 0.778 bits per heavy atom. The van der Waals surface area contributed by atoms with E-state index in [1.165, 1.54) is 180 Å². The number of carbonyl (C=O) groups excluding carboxylic acids is 3. The molecule has 1 atom stereocenters. The third-order valence-electron chi connectivity index (χ3n) is 15.0. The molecular formula is C75H130O6. The molecule has 0 heterocycles. The van der Waals surface area contributed by atoms with Crippen molar-refractivity contribution in [1.29, 1.82) is 0 Å². The molecule has 6 heteroatoms. The lowest BCUT2D eigenvalue weighted by molar-refractivity contribution is -0.167. The third kappa shape index (κ3) is 67.0. The molecule has 0 aromatic rings. The SMILES string of the molecule is CC/C=C\C/C=C\C/C=C\C/C=C\C/C=C\CCCCCCCCCCCCCCCCCCCC(=O)OCC(COC(=O)CCCCCCC/C=C\CCCCCCC)OC(=O)CCCCCCC/C=C\C/C=C\CCCCCC. The van der Waals surface area contributed by atoms with E-state index in [4.69, 9.17) is 14.2 Å². The standard InChI is InChI=1S/C75H130O6/c1-4-7-10-13-16-19-22-25-28-30-31-32-33-34-35-36-37-38-39-40-41-42-43-44-45-46-48-50-53-56-59-62-65-68-74(77)80-71-72(70-79-73(76)67-64-61-58-55-52-49-27-24-21-18-15-12-9-6-3)81-75(78)69-66-63-60-57-54-51-47-29-26-23-20-17-14-11-8-5-2/h7,10,16,19-20,23-25,27-29,31-32,34-35,47,72H,4-6,8-9,11-15,17-18,21-22,26,30,33,36-46,48-71H2,1-3H3/b10-7-,19-16-,23-20-,27-24-,28-25-,32-31-,35-34-,47-29-. The zero-order valence-corrected chi connectivity index (χ0v) is 53.5. The molecule has 0 aliphatic carbocycles. The molecular weight excluding hydrogens is 997 g/mol. The van der Waals surface area contributed by atoms with Crippen molar-refractivity contribution in [2.45, 2.75) is 348 Å². The number of unbranched alkanes of at least 4 members (excludes halogenated alkanes) is 36. The number of hydrogen-bond acceptors (Lipinski definition) is 6.